The van der Waals surface area contributed by atoms with Gasteiger partial charge in [0, 0.05) is 28.3 Å². The van der Waals surface area contributed by atoms with Gasteiger partial charge in [0.15, 0.2) is 6.61 Å². The maximum Gasteiger partial charge on any atom is 0.338 e. The van der Waals surface area contributed by atoms with Gasteiger partial charge >= 0.3 is 5.97 Å². The number of carbonyl (C=O) groups excluding carboxylic acids is 2. The molecular weight excluding hydrogens is 424 g/mol. The van der Waals surface area contributed by atoms with Crippen molar-refractivity contribution in [3.8, 4) is 0 Å². The van der Waals surface area contributed by atoms with E-state index in [0.29, 0.717) is 30.1 Å². The molecule has 3 heterocycles. The highest BCUT2D eigenvalue weighted by molar-refractivity contribution is 7.90. The molecule has 0 radical (unpaired) electrons. The smallest absolute Gasteiger partial charge is 0.338 e. The molecule has 0 amide bonds. The summed E-state index contributed by atoms with van der Waals surface area (Å²) < 4.78 is 34.5. The third-order valence-electron chi connectivity index (χ3n) is 5.26. The van der Waals surface area contributed by atoms with E-state index in [-0.39, 0.29) is 16.2 Å². The molecule has 0 unspecified atom stereocenters. The first-order valence-electron chi connectivity index (χ1n) is 9.79. The molecule has 1 aromatic carbocycles. The van der Waals surface area contributed by atoms with E-state index in [9.17, 15) is 18.0 Å². The van der Waals surface area contributed by atoms with Crippen LogP contribution in [0, 0.1) is 13.8 Å². The van der Waals surface area contributed by atoms with Gasteiger partial charge in [0.25, 0.3) is 10.0 Å². The second-order valence-corrected chi connectivity index (χ2v) is 10.5. The Hall–Kier alpha value is -2.52. The highest BCUT2D eigenvalue weighted by Gasteiger charge is 2.32. The lowest BCUT2D eigenvalue weighted by Crippen LogP contribution is -2.35. The van der Waals surface area contributed by atoms with Crippen LogP contribution in [0.3, 0.4) is 0 Å². The molecule has 30 heavy (non-hydrogen) atoms. The number of hydrogen-bond donors (Lipinski definition) is 0. The summed E-state index contributed by atoms with van der Waals surface area (Å²) in [6.07, 6.45) is 3.49. The van der Waals surface area contributed by atoms with Gasteiger partial charge in [-0.1, -0.05) is 6.42 Å². The predicted molar refractivity (Wildman–Crippen MR) is 115 cm³/mol. The fraction of sp³-hybridized carbons (Fsp3) is 0.381. The average molecular weight is 447 g/mol. The van der Waals surface area contributed by atoms with Crippen molar-refractivity contribution in [3.05, 3.63) is 45.1 Å². The molecule has 2 aliphatic heterocycles. The third kappa shape index (κ3) is 3.91. The van der Waals surface area contributed by atoms with Crippen LogP contribution < -0.4 is 4.90 Å². The Balaban J connectivity index is 1.55. The molecule has 0 saturated carbocycles. The maximum absolute atomic E-state index is 12.7. The first-order chi connectivity index (χ1) is 14.3. The molecule has 1 aromatic heterocycles. The summed E-state index contributed by atoms with van der Waals surface area (Å²) in [6, 6.07) is 6.23. The topological polar surface area (TPSA) is 93.1 Å². The molecule has 0 atom stereocenters. The number of sulfonamides is 1. The standard InChI is InChI=1S/C21H22N2O5S2/c1-13-10-16(14(2)29-13)18(24)12-28-21(25)15-7-8-17-19(11-15)30(26,27)22-20-6-4-3-5-9-23(17)20/h7-8,10-11H,3-6,9,12H2,1-2H3. The van der Waals surface area contributed by atoms with E-state index in [1.54, 1.807) is 12.1 Å². The quantitative estimate of drug-likeness (QED) is 0.523. The van der Waals surface area contributed by atoms with Crippen molar-refractivity contribution >= 4 is 44.6 Å². The van der Waals surface area contributed by atoms with Crippen LogP contribution in [0.25, 0.3) is 0 Å². The minimum absolute atomic E-state index is 0.00164. The maximum atomic E-state index is 12.7. The molecule has 0 bridgehead atoms. The number of ketones is 1. The summed E-state index contributed by atoms with van der Waals surface area (Å²) in [7, 11) is -3.89. The summed E-state index contributed by atoms with van der Waals surface area (Å²) in [5.41, 5.74) is 1.16. The van der Waals surface area contributed by atoms with Gasteiger partial charge in [-0.3, -0.25) is 4.79 Å². The number of fused-ring (bicyclic) bond motifs is 3. The van der Waals surface area contributed by atoms with E-state index in [1.807, 2.05) is 18.7 Å². The highest BCUT2D eigenvalue weighted by Crippen LogP contribution is 2.35. The second kappa shape index (κ2) is 7.96. The molecule has 1 fully saturated rings. The zero-order valence-electron chi connectivity index (χ0n) is 16.8. The highest BCUT2D eigenvalue weighted by atomic mass is 32.2. The third-order valence-corrected chi connectivity index (χ3v) is 7.56. The number of Topliss-reactive ketones (excluding diaryl/α,β-unsaturated/α-hetero) is 1. The lowest BCUT2D eigenvalue weighted by atomic mass is 10.1. The van der Waals surface area contributed by atoms with Gasteiger partial charge in [0.1, 0.15) is 10.7 Å². The number of ether oxygens (including phenoxy) is 1. The minimum Gasteiger partial charge on any atom is -0.454 e. The van der Waals surface area contributed by atoms with Crippen molar-refractivity contribution in [2.24, 2.45) is 4.40 Å². The number of esters is 1. The Morgan fingerprint density at radius 1 is 1.17 bits per heavy atom. The Morgan fingerprint density at radius 3 is 2.70 bits per heavy atom. The number of hydrogen-bond acceptors (Lipinski definition) is 7. The number of rotatable bonds is 4. The van der Waals surface area contributed by atoms with Crippen molar-refractivity contribution in [3.63, 3.8) is 0 Å². The number of amidine groups is 1. The van der Waals surface area contributed by atoms with Gasteiger partial charge in [-0.15, -0.1) is 15.7 Å². The average Bonchev–Trinajstić information content (AvgIpc) is 2.89. The Kier molecular flexibility index (Phi) is 5.50. The lowest BCUT2D eigenvalue weighted by molar-refractivity contribution is 0.0474. The molecule has 9 heteroatoms. The van der Waals surface area contributed by atoms with Gasteiger partial charge in [0.05, 0.1) is 11.3 Å². The normalized spacial score (nSPS) is 17.4. The van der Waals surface area contributed by atoms with Crippen molar-refractivity contribution in [2.75, 3.05) is 18.1 Å². The van der Waals surface area contributed by atoms with E-state index < -0.39 is 22.6 Å². The molecule has 4 rings (SSSR count). The number of anilines is 1. The number of benzene rings is 1. The van der Waals surface area contributed by atoms with E-state index in [2.05, 4.69) is 4.40 Å². The monoisotopic (exact) mass is 446 g/mol. The van der Waals surface area contributed by atoms with Gasteiger partial charge in [-0.25, -0.2) is 4.79 Å². The van der Waals surface area contributed by atoms with Gasteiger partial charge < -0.3 is 9.64 Å². The van der Waals surface area contributed by atoms with E-state index in [1.165, 1.54) is 23.5 Å². The van der Waals surface area contributed by atoms with Crippen LogP contribution in [0.4, 0.5) is 5.69 Å². The van der Waals surface area contributed by atoms with Crippen molar-refractivity contribution in [2.45, 2.75) is 44.4 Å². The second-order valence-electron chi connectivity index (χ2n) is 7.45. The Bertz CT molecular complexity index is 1160. The lowest BCUT2D eigenvalue weighted by Gasteiger charge is -2.29. The predicted octanol–water partition coefficient (Wildman–Crippen LogP) is 3.89. The van der Waals surface area contributed by atoms with Crippen LogP contribution in [-0.2, 0) is 14.8 Å². The van der Waals surface area contributed by atoms with Gasteiger partial charge in [0.2, 0.25) is 5.78 Å². The molecule has 1 saturated heterocycles. The van der Waals surface area contributed by atoms with Crippen LogP contribution in [0.5, 0.6) is 0 Å². The fourth-order valence-corrected chi connectivity index (χ4v) is 6.03. The number of nitrogens with zero attached hydrogens (tertiary/aromatic N) is 2. The largest absolute Gasteiger partial charge is 0.454 e. The zero-order valence-corrected chi connectivity index (χ0v) is 18.4. The summed E-state index contributed by atoms with van der Waals surface area (Å²) >= 11 is 1.51. The van der Waals surface area contributed by atoms with Crippen LogP contribution >= 0.6 is 11.3 Å². The van der Waals surface area contributed by atoms with E-state index >= 15 is 0 Å². The summed E-state index contributed by atoms with van der Waals surface area (Å²) in [5, 5.41) is 0. The summed E-state index contributed by atoms with van der Waals surface area (Å²) in [6.45, 7) is 4.05. The zero-order chi connectivity index (χ0) is 21.5. The Morgan fingerprint density at radius 2 is 1.97 bits per heavy atom. The minimum atomic E-state index is -3.89. The van der Waals surface area contributed by atoms with Gasteiger partial charge in [-0.2, -0.15) is 8.42 Å². The number of thiophene rings is 1. The molecule has 0 aliphatic carbocycles. The van der Waals surface area contributed by atoms with Crippen LogP contribution in [0.15, 0.2) is 33.6 Å². The molecule has 2 aromatic rings. The van der Waals surface area contributed by atoms with Crippen molar-refractivity contribution < 1.29 is 22.7 Å². The molecule has 158 valence electrons. The van der Waals surface area contributed by atoms with E-state index in [4.69, 9.17) is 4.74 Å². The van der Waals surface area contributed by atoms with Crippen molar-refractivity contribution in [1.82, 2.24) is 0 Å². The molecular formula is C21H22N2O5S2. The number of aryl methyl sites for hydroxylation is 2. The van der Waals surface area contributed by atoms with Crippen LogP contribution in [0.1, 0.15) is 56.2 Å². The van der Waals surface area contributed by atoms with Crippen LogP contribution in [0.2, 0.25) is 0 Å². The molecule has 2 aliphatic rings. The first kappa shape index (κ1) is 20.7. The summed E-state index contributed by atoms with van der Waals surface area (Å²) in [4.78, 5) is 28.6. The van der Waals surface area contributed by atoms with Crippen molar-refractivity contribution in [1.29, 1.82) is 0 Å². The molecule has 0 N–H and O–H groups in total. The van der Waals surface area contributed by atoms with E-state index in [0.717, 1.165) is 29.0 Å². The Labute approximate surface area is 179 Å². The SMILES string of the molecule is Cc1cc(C(=O)COC(=O)c2ccc3c(c2)S(=O)(=O)N=C2CCCCCN23)c(C)s1. The van der Waals surface area contributed by atoms with Crippen LogP contribution in [-0.4, -0.2) is 39.2 Å². The summed E-state index contributed by atoms with van der Waals surface area (Å²) in [5.74, 6) is -0.464. The first-order valence-corrected chi connectivity index (χ1v) is 12.0. The molecule has 7 nitrogen and oxygen atoms in total. The molecule has 0 spiro atoms. The number of carbonyl (C=O) groups is 2. The fourth-order valence-electron chi connectivity index (χ4n) is 3.81. The van der Waals surface area contributed by atoms with Gasteiger partial charge in [-0.05, 0) is 51.0 Å².